The topological polar surface area (TPSA) is 44.8 Å². The number of rotatable bonds is 9. The second kappa shape index (κ2) is 9.86. The maximum Gasteiger partial charge on any atom is 0.588 e. The van der Waals surface area contributed by atoms with Gasteiger partial charge in [-0.1, -0.05) is 97.1 Å². The predicted molar refractivity (Wildman–Crippen MR) is 127 cm³/mol. The Bertz CT molecular complexity index is 1110. The minimum Gasteiger partial charge on any atom is -0.395 e. The van der Waals surface area contributed by atoms with Crippen LogP contribution in [0.25, 0.3) is 0 Å². The fraction of sp³-hybridized carbons (Fsp3) is 0.111. The van der Waals surface area contributed by atoms with Crippen molar-refractivity contribution in [1.82, 2.24) is 0 Å². The molecule has 0 heterocycles. The maximum atomic E-state index is 14.1. The zero-order valence-electron chi connectivity index (χ0n) is 17.8. The van der Waals surface area contributed by atoms with Gasteiger partial charge in [-0.15, -0.1) is 0 Å². The fourth-order valence-electron chi connectivity index (χ4n) is 3.49. The molecule has 0 aliphatic rings. The van der Waals surface area contributed by atoms with Gasteiger partial charge in [0.15, 0.2) is 0 Å². The van der Waals surface area contributed by atoms with E-state index in [0.29, 0.717) is 17.9 Å². The van der Waals surface area contributed by atoms with Crippen molar-refractivity contribution in [2.24, 2.45) is 0 Å². The van der Waals surface area contributed by atoms with Crippen molar-refractivity contribution in [3.05, 3.63) is 132 Å². The molecule has 0 saturated heterocycles. The molecule has 0 bridgehead atoms. The van der Waals surface area contributed by atoms with Crippen LogP contribution in [-0.4, -0.2) is 0 Å². The molecule has 0 radical (unpaired) electrons. The van der Waals surface area contributed by atoms with Gasteiger partial charge in [-0.3, -0.25) is 4.52 Å². The lowest BCUT2D eigenvalue weighted by atomic mass is 9.89. The van der Waals surface area contributed by atoms with Gasteiger partial charge >= 0.3 is 7.82 Å². The van der Waals surface area contributed by atoms with Crippen LogP contribution < -0.4 is 9.05 Å². The Morgan fingerprint density at radius 1 is 0.625 bits per heavy atom. The van der Waals surface area contributed by atoms with E-state index < -0.39 is 13.4 Å². The summed E-state index contributed by atoms with van der Waals surface area (Å²) in [4.78, 5) is 0. The molecular formula is C27H25O4P. The molecular weight excluding hydrogens is 419 g/mol. The molecule has 4 aromatic rings. The molecule has 0 saturated carbocycles. The van der Waals surface area contributed by atoms with Crippen LogP contribution in [0.15, 0.2) is 121 Å². The van der Waals surface area contributed by atoms with Crippen LogP contribution in [0.1, 0.15) is 18.1 Å². The Hall–Kier alpha value is -3.33. The van der Waals surface area contributed by atoms with E-state index in [0.717, 1.165) is 11.1 Å². The summed E-state index contributed by atoms with van der Waals surface area (Å²) in [5.41, 5.74) is 0.948. The fourth-order valence-corrected chi connectivity index (χ4v) is 5.02. The van der Waals surface area contributed by atoms with Gasteiger partial charge < -0.3 is 9.05 Å². The minimum atomic E-state index is -4.09. The molecule has 4 aromatic carbocycles. The highest BCUT2D eigenvalue weighted by atomic mass is 31.2. The Balaban J connectivity index is 1.72. The summed E-state index contributed by atoms with van der Waals surface area (Å²) in [6, 6.07) is 37.5. The zero-order chi connectivity index (χ0) is 22.3. The van der Waals surface area contributed by atoms with Gasteiger partial charge in [0, 0.05) is 6.42 Å². The minimum absolute atomic E-state index is 0.405. The van der Waals surface area contributed by atoms with Crippen molar-refractivity contribution in [1.29, 1.82) is 0 Å². The molecule has 0 spiro atoms. The normalized spacial score (nSPS) is 13.2. The second-order valence-electron chi connectivity index (χ2n) is 7.61. The monoisotopic (exact) mass is 444 g/mol. The molecule has 0 amide bonds. The quantitative estimate of drug-likeness (QED) is 0.252. The van der Waals surface area contributed by atoms with Crippen LogP contribution >= 0.6 is 7.82 Å². The van der Waals surface area contributed by atoms with Gasteiger partial charge in [-0.05, 0) is 42.3 Å². The first-order chi connectivity index (χ1) is 15.5. The number of benzene rings is 4. The summed E-state index contributed by atoms with van der Waals surface area (Å²) in [5, 5.41) is 0. The molecule has 0 N–H and O–H groups in total. The van der Waals surface area contributed by atoms with E-state index >= 15 is 0 Å². The van der Waals surface area contributed by atoms with E-state index in [1.165, 1.54) is 0 Å². The van der Waals surface area contributed by atoms with Crippen LogP contribution in [0.3, 0.4) is 0 Å². The molecule has 5 heteroatoms. The first-order valence-corrected chi connectivity index (χ1v) is 11.9. The maximum absolute atomic E-state index is 14.1. The first kappa shape index (κ1) is 21.9. The van der Waals surface area contributed by atoms with Crippen molar-refractivity contribution in [3.8, 4) is 11.5 Å². The van der Waals surface area contributed by atoms with Crippen LogP contribution in [0.5, 0.6) is 11.5 Å². The molecule has 0 aliphatic carbocycles. The second-order valence-corrected chi connectivity index (χ2v) is 9.05. The first-order valence-electron chi connectivity index (χ1n) is 10.4. The smallest absolute Gasteiger partial charge is 0.395 e. The van der Waals surface area contributed by atoms with Gasteiger partial charge in [0.05, 0.1) is 0 Å². The molecule has 1 atom stereocenters. The van der Waals surface area contributed by atoms with Gasteiger partial charge in [0.1, 0.15) is 17.1 Å². The van der Waals surface area contributed by atoms with Crippen LogP contribution in [-0.2, 0) is 21.1 Å². The lowest BCUT2D eigenvalue weighted by Crippen LogP contribution is -2.29. The van der Waals surface area contributed by atoms with E-state index in [-0.39, 0.29) is 0 Å². The standard InChI is InChI=1S/C27H25O4P/c1-27(24-16-8-3-9-17-24,22-23-14-6-2-7-15-23)31-32(28,29-25-18-10-4-11-19-25)30-26-20-12-5-13-21-26/h2-21H,22H2,1H3. The molecule has 0 aliphatic heterocycles. The summed E-state index contributed by atoms with van der Waals surface area (Å²) in [5.74, 6) is 0.809. The lowest BCUT2D eigenvalue weighted by Gasteiger charge is -2.33. The largest absolute Gasteiger partial charge is 0.588 e. The number of phosphoric ester groups is 1. The highest BCUT2D eigenvalue weighted by molar-refractivity contribution is 7.49. The lowest BCUT2D eigenvalue weighted by molar-refractivity contribution is 0.0530. The Morgan fingerprint density at radius 3 is 1.50 bits per heavy atom. The van der Waals surface area contributed by atoms with E-state index in [1.54, 1.807) is 24.3 Å². The van der Waals surface area contributed by atoms with E-state index in [9.17, 15) is 4.57 Å². The number of para-hydroxylation sites is 2. The highest BCUT2D eigenvalue weighted by Gasteiger charge is 2.42. The van der Waals surface area contributed by atoms with Crippen molar-refractivity contribution >= 4 is 7.82 Å². The van der Waals surface area contributed by atoms with Crippen molar-refractivity contribution in [2.75, 3.05) is 0 Å². The molecule has 1 unspecified atom stereocenters. The average molecular weight is 444 g/mol. The molecule has 4 nitrogen and oxygen atoms in total. The highest BCUT2D eigenvalue weighted by Crippen LogP contribution is 2.55. The third-order valence-corrected chi connectivity index (χ3v) is 6.50. The molecule has 0 fully saturated rings. The van der Waals surface area contributed by atoms with Gasteiger partial charge in [-0.25, -0.2) is 4.57 Å². The third-order valence-electron chi connectivity index (χ3n) is 5.00. The summed E-state index contributed by atoms with van der Waals surface area (Å²) in [7, 11) is -4.09. The number of hydrogen-bond donors (Lipinski definition) is 0. The Labute approximate surface area is 189 Å². The van der Waals surface area contributed by atoms with Gasteiger partial charge in [-0.2, -0.15) is 0 Å². The average Bonchev–Trinajstić information content (AvgIpc) is 2.81. The van der Waals surface area contributed by atoms with Gasteiger partial charge in [0.25, 0.3) is 0 Å². The van der Waals surface area contributed by atoms with Crippen LogP contribution in [0, 0.1) is 0 Å². The Morgan fingerprint density at radius 2 is 1.03 bits per heavy atom. The number of phosphoric acid groups is 1. The van der Waals surface area contributed by atoms with Crippen molar-refractivity contribution < 1.29 is 18.1 Å². The Kier molecular flexibility index (Phi) is 6.75. The summed E-state index contributed by atoms with van der Waals surface area (Å²) < 4.78 is 32.1. The summed E-state index contributed by atoms with van der Waals surface area (Å²) >= 11 is 0. The predicted octanol–water partition coefficient (Wildman–Crippen LogP) is 7.43. The van der Waals surface area contributed by atoms with Crippen LogP contribution in [0.4, 0.5) is 0 Å². The SMILES string of the molecule is CC(Cc1ccccc1)(OP(=O)(Oc1ccccc1)Oc1ccccc1)c1ccccc1. The molecule has 32 heavy (non-hydrogen) atoms. The van der Waals surface area contributed by atoms with E-state index in [1.807, 2.05) is 104 Å². The number of hydrogen-bond acceptors (Lipinski definition) is 4. The van der Waals surface area contributed by atoms with Gasteiger partial charge in [0.2, 0.25) is 0 Å². The van der Waals surface area contributed by atoms with Crippen LogP contribution in [0.2, 0.25) is 0 Å². The van der Waals surface area contributed by atoms with Crippen molar-refractivity contribution in [3.63, 3.8) is 0 Å². The summed E-state index contributed by atoms with van der Waals surface area (Å²) in [6.07, 6.45) is 0.484. The molecule has 0 aromatic heterocycles. The van der Waals surface area contributed by atoms with Crippen molar-refractivity contribution in [2.45, 2.75) is 18.9 Å². The van der Waals surface area contributed by atoms with E-state index in [2.05, 4.69) is 0 Å². The third kappa shape index (κ3) is 5.67. The van der Waals surface area contributed by atoms with E-state index in [4.69, 9.17) is 13.6 Å². The summed E-state index contributed by atoms with van der Waals surface area (Å²) in [6.45, 7) is 1.91. The molecule has 162 valence electrons. The molecule has 4 rings (SSSR count). The zero-order valence-corrected chi connectivity index (χ0v) is 18.7.